The molecule has 3 N–H and O–H groups in total. The molecule has 0 saturated heterocycles. The number of ether oxygens (including phenoxy) is 1. The average molecular weight is 399 g/mol. The van der Waals surface area contributed by atoms with Gasteiger partial charge in [-0.3, -0.25) is 4.72 Å². The number of benzene rings is 2. The highest BCUT2D eigenvalue weighted by Gasteiger charge is 2.23. The maximum absolute atomic E-state index is 12.9. The second-order valence-electron chi connectivity index (χ2n) is 6.11. The van der Waals surface area contributed by atoms with E-state index in [1.54, 1.807) is 13.8 Å². The van der Waals surface area contributed by atoms with E-state index in [9.17, 15) is 16.8 Å². The molecular weight excluding hydrogens is 376 g/mol. The fourth-order valence-corrected chi connectivity index (χ4v) is 5.14. The number of nitrogens with one attached hydrogen (secondary N) is 1. The zero-order chi connectivity index (χ0) is 19.9. The van der Waals surface area contributed by atoms with Gasteiger partial charge in [-0.25, -0.2) is 22.0 Å². The fourth-order valence-electron chi connectivity index (χ4n) is 2.75. The van der Waals surface area contributed by atoms with Crippen LogP contribution in [0.5, 0.6) is 5.75 Å². The number of nitrogens with two attached hydrogens (primary N) is 1. The Hall–Kier alpha value is -2.10. The zero-order valence-corrected chi connectivity index (χ0v) is 16.9. The Morgan fingerprint density at radius 1 is 0.923 bits per heavy atom. The number of sulfonamides is 2. The molecule has 0 heterocycles. The average Bonchev–Trinajstić information content (AvgIpc) is 2.51. The molecule has 0 spiro atoms. The molecule has 0 radical (unpaired) electrons. The Morgan fingerprint density at radius 3 is 1.92 bits per heavy atom. The number of primary sulfonamides is 1. The van der Waals surface area contributed by atoms with Crippen molar-refractivity contribution >= 4 is 25.7 Å². The van der Waals surface area contributed by atoms with Crippen LogP contribution in [0.4, 0.5) is 5.69 Å². The topological polar surface area (TPSA) is 116 Å². The lowest BCUT2D eigenvalue weighted by Crippen LogP contribution is -2.18. The van der Waals surface area contributed by atoms with Crippen molar-refractivity contribution in [1.29, 1.82) is 0 Å². The quantitative estimate of drug-likeness (QED) is 0.802. The van der Waals surface area contributed by atoms with Crippen molar-refractivity contribution in [3.63, 3.8) is 0 Å². The Balaban J connectivity index is 2.59. The van der Waals surface area contributed by atoms with Gasteiger partial charge in [-0.05, 0) is 68.1 Å². The second kappa shape index (κ2) is 6.90. The Morgan fingerprint density at radius 2 is 1.46 bits per heavy atom. The highest BCUT2D eigenvalue weighted by atomic mass is 32.2. The summed E-state index contributed by atoms with van der Waals surface area (Å²) in [6, 6.07) is 5.83. The van der Waals surface area contributed by atoms with Crippen LogP contribution in [0.15, 0.2) is 34.1 Å². The lowest BCUT2D eigenvalue weighted by Gasteiger charge is -2.17. The summed E-state index contributed by atoms with van der Waals surface area (Å²) in [7, 11) is -6.70. The SMILES string of the molecule is COc1ccc(NS(=O)(=O)c2c(C)c(C)cc(C)c2C)cc1S(N)(=O)=O. The van der Waals surface area contributed by atoms with Crippen LogP contribution in [-0.4, -0.2) is 23.9 Å². The van der Waals surface area contributed by atoms with Crippen LogP contribution in [0, 0.1) is 27.7 Å². The molecule has 0 aromatic heterocycles. The van der Waals surface area contributed by atoms with Crippen molar-refractivity contribution in [3.05, 3.63) is 46.5 Å². The minimum absolute atomic E-state index is 0.0363. The molecular formula is C17H22N2O5S2. The third-order valence-electron chi connectivity index (χ3n) is 4.29. The van der Waals surface area contributed by atoms with Crippen molar-refractivity contribution < 1.29 is 21.6 Å². The molecule has 2 aromatic carbocycles. The van der Waals surface area contributed by atoms with E-state index >= 15 is 0 Å². The molecule has 0 atom stereocenters. The van der Waals surface area contributed by atoms with Gasteiger partial charge in [-0.2, -0.15) is 0 Å². The zero-order valence-electron chi connectivity index (χ0n) is 15.2. The maximum Gasteiger partial charge on any atom is 0.262 e. The summed E-state index contributed by atoms with van der Waals surface area (Å²) < 4.78 is 56.7. The van der Waals surface area contributed by atoms with Gasteiger partial charge in [-0.15, -0.1) is 0 Å². The monoisotopic (exact) mass is 398 g/mol. The first-order valence-electron chi connectivity index (χ1n) is 7.69. The molecule has 0 bridgehead atoms. The van der Waals surface area contributed by atoms with Crippen LogP contribution in [-0.2, 0) is 20.0 Å². The van der Waals surface area contributed by atoms with Gasteiger partial charge in [0, 0.05) is 0 Å². The summed E-state index contributed by atoms with van der Waals surface area (Å²) in [6.45, 7) is 7.15. The minimum atomic E-state index is -4.08. The summed E-state index contributed by atoms with van der Waals surface area (Å²) in [4.78, 5) is -0.114. The molecule has 0 aliphatic heterocycles. The fraction of sp³-hybridized carbons (Fsp3) is 0.294. The predicted molar refractivity (Wildman–Crippen MR) is 101 cm³/mol. The van der Waals surface area contributed by atoms with E-state index in [1.807, 2.05) is 19.9 Å². The Kier molecular flexibility index (Phi) is 5.36. The van der Waals surface area contributed by atoms with Crippen molar-refractivity contribution in [2.75, 3.05) is 11.8 Å². The Bertz CT molecular complexity index is 1050. The summed E-state index contributed by atoms with van der Waals surface area (Å²) in [5.41, 5.74) is 3.07. The van der Waals surface area contributed by atoms with Gasteiger partial charge in [0.15, 0.2) is 0 Å². The largest absolute Gasteiger partial charge is 0.495 e. The number of methoxy groups -OCH3 is 1. The van der Waals surface area contributed by atoms with E-state index in [0.717, 1.165) is 17.2 Å². The summed E-state index contributed by atoms with van der Waals surface area (Å²) in [5.74, 6) is 0.0363. The smallest absolute Gasteiger partial charge is 0.262 e. The number of hydrogen-bond acceptors (Lipinski definition) is 5. The number of anilines is 1. The second-order valence-corrected chi connectivity index (χ2v) is 9.25. The standard InChI is InChI=1S/C17H22N2O5S2/c1-10-8-11(2)13(4)17(12(10)3)26(22,23)19-14-6-7-15(24-5)16(9-14)25(18,20)21/h6-9,19H,1-5H3,(H2,18,20,21). The normalized spacial score (nSPS) is 12.1. The molecule has 0 saturated carbocycles. The van der Waals surface area contributed by atoms with Crippen LogP contribution in [0.3, 0.4) is 0 Å². The van der Waals surface area contributed by atoms with Crippen molar-refractivity contribution in [2.24, 2.45) is 5.14 Å². The van der Waals surface area contributed by atoms with E-state index in [0.29, 0.717) is 11.1 Å². The molecule has 0 fully saturated rings. The number of aryl methyl sites for hydroxylation is 2. The highest BCUT2D eigenvalue weighted by molar-refractivity contribution is 7.92. The molecule has 0 unspecified atom stereocenters. The third kappa shape index (κ3) is 3.84. The first-order valence-corrected chi connectivity index (χ1v) is 10.7. The van der Waals surface area contributed by atoms with Gasteiger partial charge < -0.3 is 4.74 Å². The molecule has 7 nitrogen and oxygen atoms in total. The number of rotatable bonds is 5. The lowest BCUT2D eigenvalue weighted by molar-refractivity contribution is 0.403. The van der Waals surface area contributed by atoms with E-state index in [-0.39, 0.29) is 21.2 Å². The van der Waals surface area contributed by atoms with Gasteiger partial charge in [0.25, 0.3) is 10.0 Å². The van der Waals surface area contributed by atoms with Crippen molar-refractivity contribution in [1.82, 2.24) is 0 Å². The summed E-state index contributed by atoms with van der Waals surface area (Å²) >= 11 is 0. The first kappa shape index (κ1) is 20.2. The van der Waals surface area contributed by atoms with Crippen LogP contribution in [0.2, 0.25) is 0 Å². The molecule has 9 heteroatoms. The molecule has 0 aliphatic carbocycles. The molecule has 2 rings (SSSR count). The number of hydrogen-bond donors (Lipinski definition) is 2. The highest BCUT2D eigenvalue weighted by Crippen LogP contribution is 2.30. The minimum Gasteiger partial charge on any atom is -0.495 e. The summed E-state index contributed by atoms with van der Waals surface area (Å²) in [5, 5.41) is 5.18. The molecule has 2 aromatic rings. The van der Waals surface area contributed by atoms with E-state index < -0.39 is 20.0 Å². The van der Waals surface area contributed by atoms with E-state index in [2.05, 4.69) is 4.72 Å². The molecule has 142 valence electrons. The predicted octanol–water partition coefficient (Wildman–Crippen LogP) is 2.38. The van der Waals surface area contributed by atoms with Crippen molar-refractivity contribution in [3.8, 4) is 5.75 Å². The van der Waals surface area contributed by atoms with E-state index in [1.165, 1.54) is 19.2 Å². The van der Waals surface area contributed by atoms with Crippen LogP contribution in [0.25, 0.3) is 0 Å². The van der Waals surface area contributed by atoms with Gasteiger partial charge in [-0.1, -0.05) is 6.07 Å². The summed E-state index contributed by atoms with van der Waals surface area (Å²) in [6.07, 6.45) is 0. The van der Waals surface area contributed by atoms with Crippen molar-refractivity contribution in [2.45, 2.75) is 37.5 Å². The van der Waals surface area contributed by atoms with Crippen LogP contribution in [0.1, 0.15) is 22.3 Å². The molecule has 26 heavy (non-hydrogen) atoms. The van der Waals surface area contributed by atoms with E-state index in [4.69, 9.17) is 9.88 Å². The maximum atomic E-state index is 12.9. The van der Waals surface area contributed by atoms with Gasteiger partial charge >= 0.3 is 0 Å². The lowest BCUT2D eigenvalue weighted by atomic mass is 10.0. The van der Waals surface area contributed by atoms with Crippen LogP contribution < -0.4 is 14.6 Å². The first-order chi connectivity index (χ1) is 11.9. The van der Waals surface area contributed by atoms with Crippen LogP contribution >= 0.6 is 0 Å². The van der Waals surface area contributed by atoms with Gasteiger partial charge in [0.2, 0.25) is 10.0 Å². The Labute approximate surface area is 154 Å². The molecule has 0 amide bonds. The third-order valence-corrected chi connectivity index (χ3v) is 6.87. The van der Waals surface area contributed by atoms with Gasteiger partial charge in [0.05, 0.1) is 17.7 Å². The van der Waals surface area contributed by atoms with Gasteiger partial charge in [0.1, 0.15) is 10.6 Å². The molecule has 0 aliphatic rings.